The van der Waals surface area contributed by atoms with Crippen LogP contribution in [0.5, 0.6) is 0 Å². The van der Waals surface area contributed by atoms with E-state index in [4.69, 9.17) is 4.74 Å². The van der Waals surface area contributed by atoms with Gasteiger partial charge in [0.05, 0.1) is 0 Å². The first-order valence-corrected chi connectivity index (χ1v) is 7.66. The summed E-state index contributed by atoms with van der Waals surface area (Å²) in [6.45, 7) is 5.42. The van der Waals surface area contributed by atoms with Crippen molar-refractivity contribution >= 4 is 14.7 Å². The van der Waals surface area contributed by atoms with Gasteiger partial charge in [0.1, 0.15) is 9.52 Å². The second-order valence-electron chi connectivity index (χ2n) is 4.10. The number of hydrogen-bond donors (Lipinski definition) is 0. The molecule has 0 spiro atoms. The second-order valence-corrected chi connectivity index (χ2v) is 5.30. The van der Waals surface area contributed by atoms with Gasteiger partial charge in [-0.05, 0) is 25.7 Å². The highest BCUT2D eigenvalue weighted by molar-refractivity contribution is 6.58. The van der Waals surface area contributed by atoms with E-state index in [2.05, 4.69) is 48.7 Å². The van der Waals surface area contributed by atoms with Crippen molar-refractivity contribution in [1.29, 1.82) is 0 Å². The number of ether oxygens (including phenoxy) is 1. The molecule has 96 valence electrons. The molecule has 0 heterocycles. The summed E-state index contributed by atoms with van der Waals surface area (Å²) in [7, 11) is 0.784. The highest BCUT2D eigenvalue weighted by Gasteiger charge is 1.89. The van der Waals surface area contributed by atoms with E-state index in [1.165, 1.54) is 5.19 Å². The molecule has 0 aliphatic heterocycles. The lowest BCUT2D eigenvalue weighted by Crippen LogP contribution is -2.10. The van der Waals surface area contributed by atoms with Crippen molar-refractivity contribution in [2.45, 2.75) is 25.7 Å². The minimum atomic E-state index is 0.784. The van der Waals surface area contributed by atoms with Gasteiger partial charge in [0.25, 0.3) is 0 Å². The third-order valence-corrected chi connectivity index (χ3v) is 3.57. The van der Waals surface area contributed by atoms with Gasteiger partial charge in [0.2, 0.25) is 0 Å². The molecule has 2 heteroatoms. The largest absolute Gasteiger partial charge is 0.381 e. The van der Waals surface area contributed by atoms with Crippen molar-refractivity contribution in [3.63, 3.8) is 0 Å². The maximum atomic E-state index is 5.52. The topological polar surface area (TPSA) is 9.23 Å². The van der Waals surface area contributed by atoms with Gasteiger partial charge in [-0.15, -0.1) is 6.58 Å². The molecule has 2 radical (unpaired) electrons. The fourth-order valence-corrected chi connectivity index (χ4v) is 2.37. The molecule has 0 N–H and O–H groups in total. The van der Waals surface area contributed by atoms with Gasteiger partial charge in [-0.2, -0.15) is 0 Å². The predicted molar refractivity (Wildman–Crippen MR) is 80.5 cm³/mol. The average molecular weight is 258 g/mol. The van der Waals surface area contributed by atoms with E-state index >= 15 is 0 Å². The van der Waals surface area contributed by atoms with Gasteiger partial charge in [-0.25, -0.2) is 0 Å². The van der Waals surface area contributed by atoms with E-state index in [9.17, 15) is 0 Å². The lowest BCUT2D eigenvalue weighted by atomic mass is 10.3. The van der Waals surface area contributed by atoms with Crippen LogP contribution in [-0.2, 0) is 4.74 Å². The third kappa shape index (κ3) is 8.04. The lowest BCUT2D eigenvalue weighted by Gasteiger charge is -2.00. The van der Waals surface area contributed by atoms with Gasteiger partial charge in [0, 0.05) is 13.2 Å². The van der Waals surface area contributed by atoms with Crippen molar-refractivity contribution in [2.75, 3.05) is 13.2 Å². The summed E-state index contributed by atoms with van der Waals surface area (Å²) in [4.78, 5) is 0. The number of benzene rings is 1. The Morgan fingerprint density at radius 1 is 1.06 bits per heavy atom. The summed E-state index contributed by atoms with van der Waals surface area (Å²) in [5.74, 6) is 0. The number of allylic oxidation sites excluding steroid dienone is 2. The van der Waals surface area contributed by atoms with E-state index in [-0.39, 0.29) is 0 Å². The zero-order valence-corrected chi connectivity index (χ0v) is 12.0. The molecule has 1 nitrogen and oxygen atoms in total. The van der Waals surface area contributed by atoms with Crippen LogP contribution in [0.25, 0.3) is 0 Å². The molecular weight excluding hydrogens is 236 g/mol. The van der Waals surface area contributed by atoms with Gasteiger partial charge in [-0.1, -0.05) is 53.4 Å². The van der Waals surface area contributed by atoms with Crippen LogP contribution in [0.2, 0.25) is 0 Å². The molecule has 0 fully saturated rings. The molecule has 0 atom stereocenters. The van der Waals surface area contributed by atoms with Crippen LogP contribution in [-0.4, -0.2) is 22.7 Å². The SMILES string of the molecule is C=CCCCOCCC/C=C/[Si]c1ccccc1. The predicted octanol–water partition coefficient (Wildman–Crippen LogP) is 3.29. The summed E-state index contributed by atoms with van der Waals surface area (Å²) < 4.78 is 5.52. The van der Waals surface area contributed by atoms with E-state index in [1.54, 1.807) is 0 Å². The van der Waals surface area contributed by atoms with E-state index < -0.39 is 0 Å². The average Bonchev–Trinajstić information content (AvgIpc) is 2.42. The summed E-state index contributed by atoms with van der Waals surface area (Å²) in [5, 5.41) is 1.40. The molecule has 0 saturated heterocycles. The standard InChI is InChI=1S/C16H22OSi/c1-2-3-8-13-17-14-9-5-10-15-18-16-11-6-4-7-12-16/h2,4,6-7,10-12,15H,1,3,5,8-9,13-14H2/b15-10+. The Bertz CT molecular complexity index is 332. The molecule has 0 aliphatic carbocycles. The minimum Gasteiger partial charge on any atom is -0.381 e. The molecule has 0 amide bonds. The zero-order chi connectivity index (χ0) is 12.9. The molecule has 1 aromatic carbocycles. The maximum absolute atomic E-state index is 5.52. The Morgan fingerprint density at radius 3 is 2.50 bits per heavy atom. The molecule has 0 saturated carbocycles. The molecule has 1 rings (SSSR count). The van der Waals surface area contributed by atoms with Gasteiger partial charge < -0.3 is 4.74 Å². The smallest absolute Gasteiger partial charge is 0.111 e. The van der Waals surface area contributed by atoms with E-state index in [0.29, 0.717) is 0 Å². The summed E-state index contributed by atoms with van der Waals surface area (Å²) in [6, 6.07) is 10.6. The Morgan fingerprint density at radius 2 is 1.78 bits per heavy atom. The number of hydrogen-bond acceptors (Lipinski definition) is 1. The zero-order valence-electron chi connectivity index (χ0n) is 11.0. The lowest BCUT2D eigenvalue weighted by molar-refractivity contribution is 0.130. The molecule has 0 aliphatic rings. The minimum absolute atomic E-state index is 0.784. The van der Waals surface area contributed by atoms with Crippen LogP contribution < -0.4 is 5.19 Å². The van der Waals surface area contributed by atoms with Gasteiger partial charge >= 0.3 is 0 Å². The monoisotopic (exact) mass is 258 g/mol. The first-order valence-electron chi connectivity index (χ1n) is 6.58. The Hall–Kier alpha value is -1.12. The van der Waals surface area contributed by atoms with Crippen molar-refractivity contribution in [3.05, 3.63) is 54.8 Å². The highest BCUT2D eigenvalue weighted by atomic mass is 28.2. The van der Waals surface area contributed by atoms with Crippen molar-refractivity contribution in [2.24, 2.45) is 0 Å². The Kier molecular flexibility index (Phi) is 9.12. The van der Waals surface area contributed by atoms with Crippen LogP contribution in [0.15, 0.2) is 54.8 Å². The first kappa shape index (κ1) is 14.9. The summed E-state index contributed by atoms with van der Waals surface area (Å²) in [5.41, 5.74) is 2.27. The van der Waals surface area contributed by atoms with Crippen molar-refractivity contribution < 1.29 is 4.74 Å². The van der Waals surface area contributed by atoms with Gasteiger partial charge in [-0.3, -0.25) is 0 Å². The number of rotatable bonds is 10. The quantitative estimate of drug-likeness (QED) is 0.355. The Labute approximate surface area is 113 Å². The van der Waals surface area contributed by atoms with Crippen LogP contribution in [0.3, 0.4) is 0 Å². The Balaban J connectivity index is 1.93. The molecule has 0 aromatic heterocycles. The highest BCUT2D eigenvalue weighted by Crippen LogP contribution is 1.95. The van der Waals surface area contributed by atoms with Crippen molar-refractivity contribution in [3.8, 4) is 0 Å². The normalized spacial score (nSPS) is 10.9. The van der Waals surface area contributed by atoms with Crippen LogP contribution in [0.4, 0.5) is 0 Å². The molecule has 0 unspecified atom stereocenters. The van der Waals surface area contributed by atoms with E-state index in [1.807, 2.05) is 6.08 Å². The molecule has 1 aromatic rings. The van der Waals surface area contributed by atoms with Crippen LogP contribution in [0.1, 0.15) is 25.7 Å². The van der Waals surface area contributed by atoms with E-state index in [0.717, 1.165) is 48.4 Å². The fraction of sp³-hybridized carbons (Fsp3) is 0.375. The fourth-order valence-electron chi connectivity index (χ4n) is 1.51. The molecular formula is C16H22OSi. The molecule has 18 heavy (non-hydrogen) atoms. The molecule has 0 bridgehead atoms. The number of unbranched alkanes of at least 4 members (excludes halogenated alkanes) is 2. The van der Waals surface area contributed by atoms with Crippen LogP contribution >= 0.6 is 0 Å². The summed E-state index contributed by atoms with van der Waals surface area (Å²) in [6.07, 6.45) is 8.58. The third-order valence-electron chi connectivity index (χ3n) is 2.50. The second kappa shape index (κ2) is 11.0. The van der Waals surface area contributed by atoms with Crippen LogP contribution in [0, 0.1) is 0 Å². The maximum Gasteiger partial charge on any atom is 0.111 e. The van der Waals surface area contributed by atoms with Gasteiger partial charge in [0.15, 0.2) is 0 Å². The summed E-state index contributed by atoms with van der Waals surface area (Å²) >= 11 is 0. The first-order chi connectivity index (χ1) is 8.93. The van der Waals surface area contributed by atoms with Crippen molar-refractivity contribution in [1.82, 2.24) is 0 Å².